The molecule has 13 heteroatoms. The quantitative estimate of drug-likeness (QED) is 0.0332. The molecule has 1 N–H and O–H groups in total. The monoisotopic (exact) mass is 1470 g/mol. The Kier molecular flexibility index (Phi) is 64.6. The number of hydrogen-bond acceptors (Lipinski definition) is 9. The molecule has 0 spiro atoms. The molecule has 13 nitrogen and oxygen atoms in total. The number of aliphatic hydroxyl groups is 1. The first-order valence-electron chi connectivity index (χ1n) is 42.0. The highest BCUT2D eigenvalue weighted by Gasteiger charge is 2.29. The fourth-order valence-corrected chi connectivity index (χ4v) is 13.4. The minimum absolute atomic E-state index is 0.972. The van der Waals surface area contributed by atoms with Crippen LogP contribution in [0.15, 0.2) is 121 Å². The molecule has 0 amide bonds. The Hall–Kier alpha value is -5.44. The second-order valence-electron chi connectivity index (χ2n) is 32.8. The van der Waals surface area contributed by atoms with Crippen LogP contribution < -0.4 is 20.4 Å². The number of rotatable bonds is 57. The molecule has 0 radical (unpaired) electrons. The summed E-state index contributed by atoms with van der Waals surface area (Å²) < 4.78 is 4.45. The Bertz CT molecular complexity index is 2290. The number of benzene rings is 4. The smallest absolute Gasteiger partial charge is 0.114 e. The van der Waals surface area contributed by atoms with E-state index in [1.54, 1.807) is 0 Å². The lowest BCUT2D eigenvalue weighted by Gasteiger charge is -2.30. The van der Waals surface area contributed by atoms with Crippen molar-refractivity contribution < 1.29 is 62.6 Å². The van der Waals surface area contributed by atoms with Gasteiger partial charge < -0.3 is 62.6 Å². The van der Waals surface area contributed by atoms with E-state index in [9.17, 15) is 29.7 Å². The Balaban J connectivity index is 0. The van der Waals surface area contributed by atoms with Crippen LogP contribution in [0.1, 0.15) is 327 Å². The van der Waals surface area contributed by atoms with Gasteiger partial charge in [0.05, 0.1) is 88.5 Å². The summed E-state index contributed by atoms with van der Waals surface area (Å²) >= 11 is 0. The molecule has 4 aromatic rings. The normalized spacial score (nSPS) is 11.4. The van der Waals surface area contributed by atoms with Gasteiger partial charge in [0.1, 0.15) is 31.8 Å². The second-order valence-corrected chi connectivity index (χ2v) is 32.8. The lowest BCUT2D eigenvalue weighted by Crippen LogP contribution is -2.54. The molecule has 105 heavy (non-hydrogen) atoms. The van der Waals surface area contributed by atoms with E-state index in [4.69, 9.17) is 15.0 Å². The van der Waals surface area contributed by atoms with E-state index in [0.717, 1.165) is 51.0 Å². The molecule has 4 rings (SSSR count). The molecular formula is C92H160N4O9. The number of carbonyl (C=O) groups is 4. The fraction of sp³-hybridized carbons (Fsp3) is 0.696. The number of quaternary nitrogens is 4. The van der Waals surface area contributed by atoms with Crippen molar-refractivity contribution in [3.63, 3.8) is 0 Å². The average Bonchev–Trinajstić information content (AvgIpc) is 0.873. The Morgan fingerprint density at radius 2 is 0.419 bits per heavy atom. The first-order chi connectivity index (χ1) is 50.1. The Morgan fingerprint density at radius 3 is 0.552 bits per heavy atom. The van der Waals surface area contributed by atoms with Crippen LogP contribution in [0, 0.1) is 0 Å². The van der Waals surface area contributed by atoms with Crippen molar-refractivity contribution in [3.8, 4) is 0 Å². The van der Waals surface area contributed by atoms with E-state index < -0.39 is 42.3 Å². The number of nitrogens with zero attached hydrogens (tertiary/aromatic N) is 4. The largest absolute Gasteiger partial charge is 0.550 e. The van der Waals surface area contributed by atoms with Gasteiger partial charge in [0.25, 0.3) is 0 Å². The summed E-state index contributed by atoms with van der Waals surface area (Å²) in [6.07, 6.45) is 54.2. The van der Waals surface area contributed by atoms with Crippen LogP contribution in [0.4, 0.5) is 0 Å². The summed E-state index contributed by atoms with van der Waals surface area (Å²) in [5, 5.41) is 47.8. The lowest BCUT2D eigenvalue weighted by molar-refractivity contribution is -0.903. The molecule has 0 atom stereocenters. The van der Waals surface area contributed by atoms with Crippen LogP contribution >= 0.6 is 0 Å². The van der Waals surface area contributed by atoms with Crippen molar-refractivity contribution in [1.29, 1.82) is 0 Å². The van der Waals surface area contributed by atoms with E-state index in [0.29, 0.717) is 0 Å². The lowest BCUT2D eigenvalue weighted by atomic mass is 9.96. The minimum atomic E-state index is -2.97. The third-order valence-electron chi connectivity index (χ3n) is 19.5. The van der Waals surface area contributed by atoms with Crippen LogP contribution in [0.2, 0.25) is 0 Å². The van der Waals surface area contributed by atoms with Crippen LogP contribution in [-0.4, -0.2) is 135 Å². The van der Waals surface area contributed by atoms with E-state index >= 15 is 0 Å². The SMILES string of the molecule is CC(=O)[O-].CCCCCCCCCCCC[N+](C)(C)Cc1ccccc1.CCCCCCCCCCCC[N+](C)(C)Cc1ccccc1.CCCCCCCCCCCC[N+](C)(C)Cc1ccccc1.CCCCCCCCCCCC[N+](C)(C)Cc1ccccc1.O=C([O-])CC(O)(CC(=O)[O-])C(=O)[O-]. The zero-order valence-electron chi connectivity index (χ0n) is 69.9. The Labute approximate surface area is 645 Å². The van der Waals surface area contributed by atoms with Gasteiger partial charge in [-0.3, -0.25) is 0 Å². The number of carbonyl (C=O) groups excluding carboxylic acids is 4. The first kappa shape index (κ1) is 102. The van der Waals surface area contributed by atoms with Gasteiger partial charge in [-0.15, -0.1) is 0 Å². The zero-order valence-corrected chi connectivity index (χ0v) is 69.9. The van der Waals surface area contributed by atoms with Gasteiger partial charge in [-0.25, -0.2) is 0 Å². The van der Waals surface area contributed by atoms with Crippen molar-refractivity contribution in [2.45, 2.75) is 336 Å². The number of carboxylic acids is 4. The maximum absolute atomic E-state index is 10.1. The molecule has 0 aliphatic carbocycles. The van der Waals surface area contributed by atoms with E-state index in [-0.39, 0.29) is 0 Å². The summed E-state index contributed by atoms with van der Waals surface area (Å²) in [4.78, 5) is 38.9. The highest BCUT2D eigenvalue weighted by atomic mass is 16.4. The molecule has 0 heterocycles. The van der Waals surface area contributed by atoms with Gasteiger partial charge in [0.15, 0.2) is 0 Å². The van der Waals surface area contributed by atoms with Crippen LogP contribution in [-0.2, 0) is 45.4 Å². The molecule has 0 aromatic heterocycles. The van der Waals surface area contributed by atoms with E-state index in [2.05, 4.69) is 205 Å². The first-order valence-corrected chi connectivity index (χ1v) is 42.0. The second kappa shape index (κ2) is 66.7. The van der Waals surface area contributed by atoms with Crippen molar-refractivity contribution >= 4 is 23.9 Å². The molecule has 0 unspecified atom stereocenters. The van der Waals surface area contributed by atoms with Gasteiger partial charge in [-0.05, 0) is 58.3 Å². The maximum Gasteiger partial charge on any atom is 0.114 e. The fourth-order valence-electron chi connectivity index (χ4n) is 13.4. The molecule has 0 bridgehead atoms. The van der Waals surface area contributed by atoms with Gasteiger partial charge in [-0.2, -0.15) is 0 Å². The molecule has 0 fully saturated rings. The molecule has 0 saturated carbocycles. The molecule has 4 aromatic carbocycles. The summed E-state index contributed by atoms with van der Waals surface area (Å²) in [6.45, 7) is 19.9. The number of hydrogen-bond donors (Lipinski definition) is 1. The highest BCUT2D eigenvalue weighted by Crippen LogP contribution is 2.20. The van der Waals surface area contributed by atoms with E-state index in [1.807, 2.05) is 0 Å². The molecule has 0 saturated heterocycles. The predicted molar refractivity (Wildman–Crippen MR) is 436 cm³/mol. The Morgan fingerprint density at radius 1 is 0.276 bits per heavy atom. The van der Waals surface area contributed by atoms with Crippen LogP contribution in [0.3, 0.4) is 0 Å². The minimum Gasteiger partial charge on any atom is -0.550 e. The number of aliphatic carboxylic acids is 4. The topological polar surface area (TPSA) is 181 Å². The van der Waals surface area contributed by atoms with Crippen LogP contribution in [0.25, 0.3) is 0 Å². The zero-order chi connectivity index (χ0) is 78.6. The third kappa shape index (κ3) is 70.0. The van der Waals surface area contributed by atoms with Gasteiger partial charge >= 0.3 is 0 Å². The average molecular weight is 1470 g/mol. The van der Waals surface area contributed by atoms with Crippen molar-refractivity contribution in [2.24, 2.45) is 0 Å². The molecule has 0 aliphatic rings. The van der Waals surface area contributed by atoms with Gasteiger partial charge in [-0.1, -0.05) is 354 Å². The van der Waals surface area contributed by atoms with Gasteiger partial charge in [0.2, 0.25) is 0 Å². The summed E-state index contributed by atoms with van der Waals surface area (Å²) in [6, 6.07) is 43.6. The van der Waals surface area contributed by atoms with E-state index in [1.165, 1.54) is 305 Å². The van der Waals surface area contributed by atoms with Crippen LogP contribution in [0.5, 0.6) is 0 Å². The predicted octanol–water partition coefficient (Wildman–Crippen LogP) is 18.2. The molecule has 602 valence electrons. The summed E-state index contributed by atoms with van der Waals surface area (Å²) in [5.74, 6) is -7.07. The third-order valence-corrected chi connectivity index (χ3v) is 19.5. The van der Waals surface area contributed by atoms with Crippen molar-refractivity contribution in [1.82, 2.24) is 0 Å². The standard InChI is InChI=1S/4C21H38N.C6H8O7.C2H4O2/c4*1-4-5-6-7-8-9-10-11-12-16-19-22(2,3)20-21-17-14-13-15-18-21;7-3(8)1-6(13,5(11)12)2-4(9)10;1-2(3)4/h4*13-15,17-18H,4-12,16,19-20H2,1-3H3;13H,1-2H2,(H,7,8)(H,9,10)(H,11,12);1H3,(H,3,4)/q4*+1;;/p-4. The van der Waals surface area contributed by atoms with Crippen molar-refractivity contribution in [2.75, 3.05) is 82.6 Å². The molecule has 0 aliphatic heterocycles. The maximum atomic E-state index is 10.1. The summed E-state index contributed by atoms with van der Waals surface area (Å²) in [5.41, 5.74) is 2.86. The van der Waals surface area contributed by atoms with Crippen molar-refractivity contribution in [3.05, 3.63) is 144 Å². The highest BCUT2D eigenvalue weighted by molar-refractivity contribution is 5.86. The number of carboxylic acid groups (broad SMARTS) is 4. The summed E-state index contributed by atoms with van der Waals surface area (Å²) in [7, 11) is 18.9. The van der Waals surface area contributed by atoms with Gasteiger partial charge in [0, 0.05) is 53.0 Å². The number of unbranched alkanes of at least 4 members (excludes halogenated alkanes) is 36. The molecular weight excluding hydrogens is 1310 g/mol.